The fourth-order valence-electron chi connectivity index (χ4n) is 2.28. The van der Waals surface area contributed by atoms with Crippen molar-refractivity contribution in [3.8, 4) is 0 Å². The van der Waals surface area contributed by atoms with Crippen molar-refractivity contribution in [2.45, 2.75) is 26.4 Å². The third-order valence-electron chi connectivity index (χ3n) is 3.61. The van der Waals surface area contributed by atoms with Crippen LogP contribution in [0.1, 0.15) is 29.0 Å². The SMILES string of the molecule is Cc1cnccc1CNC(C)c1cc2ccccc2s1. The Balaban J connectivity index is 1.73. The van der Waals surface area contributed by atoms with Gasteiger partial charge in [-0.05, 0) is 48.6 Å². The molecule has 3 rings (SSSR count). The van der Waals surface area contributed by atoms with Gasteiger partial charge < -0.3 is 5.32 Å². The first kappa shape index (κ1) is 13.3. The second-order valence-corrected chi connectivity index (χ2v) is 6.21. The number of benzene rings is 1. The van der Waals surface area contributed by atoms with Crippen molar-refractivity contribution >= 4 is 21.4 Å². The Morgan fingerprint density at radius 3 is 2.90 bits per heavy atom. The molecule has 0 spiro atoms. The lowest BCUT2D eigenvalue weighted by Gasteiger charge is -2.13. The minimum Gasteiger partial charge on any atom is -0.305 e. The first-order valence-electron chi connectivity index (χ1n) is 6.85. The number of rotatable bonds is 4. The summed E-state index contributed by atoms with van der Waals surface area (Å²) in [5.41, 5.74) is 2.55. The standard InChI is InChI=1S/C17H18N2S/c1-12-10-18-8-7-15(12)11-19-13(2)17-9-14-5-3-4-6-16(14)20-17/h3-10,13,19H,11H2,1-2H3. The summed E-state index contributed by atoms with van der Waals surface area (Å²) in [4.78, 5) is 5.52. The molecule has 0 fully saturated rings. The number of thiophene rings is 1. The summed E-state index contributed by atoms with van der Waals surface area (Å²) in [6, 6.07) is 13.3. The van der Waals surface area contributed by atoms with Crippen LogP contribution in [0.3, 0.4) is 0 Å². The van der Waals surface area contributed by atoms with E-state index in [1.165, 1.54) is 26.1 Å². The number of nitrogens with zero attached hydrogens (tertiary/aromatic N) is 1. The van der Waals surface area contributed by atoms with E-state index in [4.69, 9.17) is 0 Å². The van der Waals surface area contributed by atoms with E-state index in [1.54, 1.807) is 0 Å². The van der Waals surface area contributed by atoms with Gasteiger partial charge in [0, 0.05) is 34.6 Å². The molecule has 0 radical (unpaired) electrons. The van der Waals surface area contributed by atoms with Gasteiger partial charge in [-0.15, -0.1) is 11.3 Å². The number of aromatic nitrogens is 1. The van der Waals surface area contributed by atoms with Crippen LogP contribution in [0.2, 0.25) is 0 Å². The van der Waals surface area contributed by atoms with E-state index in [-0.39, 0.29) is 0 Å². The van der Waals surface area contributed by atoms with Gasteiger partial charge in [0.05, 0.1) is 0 Å². The quantitative estimate of drug-likeness (QED) is 0.764. The summed E-state index contributed by atoms with van der Waals surface area (Å²) in [5.74, 6) is 0. The third-order valence-corrected chi connectivity index (χ3v) is 4.91. The van der Waals surface area contributed by atoms with Crippen LogP contribution in [0.4, 0.5) is 0 Å². The van der Waals surface area contributed by atoms with Crippen molar-refractivity contribution in [2.24, 2.45) is 0 Å². The Labute approximate surface area is 123 Å². The van der Waals surface area contributed by atoms with Crippen LogP contribution >= 0.6 is 11.3 Å². The van der Waals surface area contributed by atoms with Crippen molar-refractivity contribution in [1.82, 2.24) is 10.3 Å². The zero-order valence-corrected chi connectivity index (χ0v) is 12.6. The maximum absolute atomic E-state index is 4.13. The van der Waals surface area contributed by atoms with E-state index >= 15 is 0 Å². The first-order chi connectivity index (χ1) is 9.74. The maximum atomic E-state index is 4.13. The lowest BCUT2D eigenvalue weighted by atomic mass is 10.1. The second kappa shape index (κ2) is 5.73. The molecule has 102 valence electrons. The summed E-state index contributed by atoms with van der Waals surface area (Å²) in [7, 11) is 0. The van der Waals surface area contributed by atoms with Gasteiger partial charge in [-0.2, -0.15) is 0 Å². The van der Waals surface area contributed by atoms with E-state index in [2.05, 4.69) is 60.5 Å². The van der Waals surface area contributed by atoms with E-state index in [0.717, 1.165) is 6.54 Å². The molecule has 2 heterocycles. The Morgan fingerprint density at radius 1 is 1.25 bits per heavy atom. The summed E-state index contributed by atoms with van der Waals surface area (Å²) >= 11 is 1.87. The predicted molar refractivity (Wildman–Crippen MR) is 86.1 cm³/mol. The van der Waals surface area contributed by atoms with Gasteiger partial charge in [-0.25, -0.2) is 0 Å². The average molecular weight is 282 g/mol. The van der Waals surface area contributed by atoms with Crippen LogP contribution in [-0.4, -0.2) is 4.98 Å². The van der Waals surface area contributed by atoms with E-state index in [0.29, 0.717) is 6.04 Å². The molecule has 2 nitrogen and oxygen atoms in total. The number of pyridine rings is 1. The van der Waals surface area contributed by atoms with Crippen LogP contribution in [0.25, 0.3) is 10.1 Å². The lowest BCUT2D eigenvalue weighted by Crippen LogP contribution is -2.17. The molecular weight excluding hydrogens is 264 g/mol. The number of nitrogens with one attached hydrogen (secondary N) is 1. The molecule has 2 aromatic heterocycles. The van der Waals surface area contributed by atoms with Crippen molar-refractivity contribution < 1.29 is 0 Å². The number of hydrogen-bond donors (Lipinski definition) is 1. The lowest BCUT2D eigenvalue weighted by molar-refractivity contribution is 0.581. The topological polar surface area (TPSA) is 24.9 Å². The second-order valence-electron chi connectivity index (χ2n) is 5.09. The molecule has 0 amide bonds. The highest BCUT2D eigenvalue weighted by Gasteiger charge is 2.09. The number of fused-ring (bicyclic) bond motifs is 1. The Hall–Kier alpha value is -1.71. The maximum Gasteiger partial charge on any atom is 0.0389 e. The molecule has 3 heteroatoms. The zero-order chi connectivity index (χ0) is 13.9. The number of hydrogen-bond acceptors (Lipinski definition) is 3. The minimum atomic E-state index is 0.361. The Morgan fingerprint density at radius 2 is 2.10 bits per heavy atom. The number of aryl methyl sites for hydroxylation is 1. The van der Waals surface area contributed by atoms with Gasteiger partial charge in [-0.1, -0.05) is 18.2 Å². The molecule has 0 saturated heterocycles. The van der Waals surface area contributed by atoms with Gasteiger partial charge in [0.1, 0.15) is 0 Å². The molecule has 1 atom stereocenters. The van der Waals surface area contributed by atoms with Gasteiger partial charge in [0.15, 0.2) is 0 Å². The summed E-state index contributed by atoms with van der Waals surface area (Å²) < 4.78 is 1.36. The molecule has 1 N–H and O–H groups in total. The van der Waals surface area contributed by atoms with E-state index < -0.39 is 0 Å². The minimum absolute atomic E-state index is 0.361. The van der Waals surface area contributed by atoms with Crippen molar-refractivity contribution in [1.29, 1.82) is 0 Å². The summed E-state index contributed by atoms with van der Waals surface area (Å²) in [6.45, 7) is 5.21. The first-order valence-corrected chi connectivity index (χ1v) is 7.67. The molecule has 1 aromatic carbocycles. The van der Waals surface area contributed by atoms with Crippen LogP contribution in [-0.2, 0) is 6.54 Å². The van der Waals surface area contributed by atoms with Gasteiger partial charge in [0.2, 0.25) is 0 Å². The van der Waals surface area contributed by atoms with Crippen LogP contribution in [0.5, 0.6) is 0 Å². The Bertz CT molecular complexity index is 685. The Kier molecular flexibility index (Phi) is 3.81. The molecule has 0 aliphatic heterocycles. The highest BCUT2D eigenvalue weighted by molar-refractivity contribution is 7.19. The normalized spacial score (nSPS) is 12.7. The molecule has 0 bridgehead atoms. The van der Waals surface area contributed by atoms with Crippen LogP contribution in [0.15, 0.2) is 48.8 Å². The van der Waals surface area contributed by atoms with E-state index in [1.807, 2.05) is 23.7 Å². The molecule has 0 aliphatic carbocycles. The monoisotopic (exact) mass is 282 g/mol. The predicted octanol–water partition coefficient (Wildman–Crippen LogP) is 4.46. The molecule has 3 aromatic rings. The molecular formula is C17H18N2S. The van der Waals surface area contributed by atoms with Crippen molar-refractivity contribution in [3.05, 3.63) is 64.8 Å². The highest BCUT2D eigenvalue weighted by atomic mass is 32.1. The molecule has 0 aliphatic rings. The summed E-state index contributed by atoms with van der Waals surface area (Å²) in [6.07, 6.45) is 3.77. The summed E-state index contributed by atoms with van der Waals surface area (Å²) in [5, 5.41) is 4.93. The fourth-order valence-corrected chi connectivity index (χ4v) is 3.37. The van der Waals surface area contributed by atoms with Gasteiger partial charge in [-0.3, -0.25) is 4.98 Å². The van der Waals surface area contributed by atoms with E-state index in [9.17, 15) is 0 Å². The molecule has 20 heavy (non-hydrogen) atoms. The van der Waals surface area contributed by atoms with Gasteiger partial charge >= 0.3 is 0 Å². The zero-order valence-electron chi connectivity index (χ0n) is 11.8. The molecule has 0 saturated carbocycles. The van der Waals surface area contributed by atoms with Crippen molar-refractivity contribution in [2.75, 3.05) is 0 Å². The highest BCUT2D eigenvalue weighted by Crippen LogP contribution is 2.29. The van der Waals surface area contributed by atoms with Gasteiger partial charge in [0.25, 0.3) is 0 Å². The smallest absolute Gasteiger partial charge is 0.0389 e. The van der Waals surface area contributed by atoms with Crippen molar-refractivity contribution in [3.63, 3.8) is 0 Å². The fraction of sp³-hybridized carbons (Fsp3) is 0.235. The average Bonchev–Trinajstić information content (AvgIpc) is 2.90. The van der Waals surface area contributed by atoms with Crippen LogP contribution in [0, 0.1) is 6.92 Å². The molecule has 1 unspecified atom stereocenters. The largest absolute Gasteiger partial charge is 0.305 e. The third kappa shape index (κ3) is 2.74. The van der Waals surface area contributed by atoms with Crippen LogP contribution < -0.4 is 5.32 Å².